The predicted molar refractivity (Wildman–Crippen MR) is 122 cm³/mol. The Kier molecular flexibility index (Phi) is 6.71. The lowest BCUT2D eigenvalue weighted by Crippen LogP contribution is -2.49. The normalized spacial score (nSPS) is 17.9. The Hall–Kier alpha value is -2.06. The number of aliphatic imine (C=N–C) groups is 1. The van der Waals surface area contributed by atoms with E-state index >= 15 is 0 Å². The van der Waals surface area contributed by atoms with Crippen molar-refractivity contribution in [1.82, 2.24) is 15.5 Å². The standard InChI is InChI=1S/C21H29N5OS2/c1-22-21(24-17-5-10-25(11-6-17)20-3-2-13-29-20)23-9-4-19(27)26-12-7-18-16(15-26)8-14-28-18/h2-3,8,13-14,17H,4-7,9-12,15H2,1H3,(H2,22,23,24). The van der Waals surface area contributed by atoms with E-state index in [-0.39, 0.29) is 5.91 Å². The number of guanidine groups is 1. The van der Waals surface area contributed by atoms with Gasteiger partial charge in [0, 0.05) is 57.1 Å². The average molecular weight is 432 g/mol. The average Bonchev–Trinajstić information content (AvgIpc) is 3.44. The van der Waals surface area contributed by atoms with E-state index < -0.39 is 0 Å². The van der Waals surface area contributed by atoms with E-state index in [9.17, 15) is 4.79 Å². The minimum absolute atomic E-state index is 0.217. The van der Waals surface area contributed by atoms with E-state index in [1.807, 2.05) is 4.90 Å². The highest BCUT2D eigenvalue weighted by molar-refractivity contribution is 7.14. The molecule has 0 unspecified atom stereocenters. The zero-order chi connectivity index (χ0) is 20.1. The first kappa shape index (κ1) is 20.2. The van der Waals surface area contributed by atoms with Gasteiger partial charge in [-0.25, -0.2) is 0 Å². The molecule has 0 aromatic carbocycles. The van der Waals surface area contributed by atoms with Crippen molar-refractivity contribution in [3.63, 3.8) is 0 Å². The van der Waals surface area contributed by atoms with Crippen LogP contribution in [0.15, 0.2) is 34.0 Å². The lowest BCUT2D eigenvalue weighted by atomic mass is 10.1. The van der Waals surface area contributed by atoms with Crippen molar-refractivity contribution in [2.75, 3.05) is 38.1 Å². The van der Waals surface area contributed by atoms with Crippen LogP contribution in [0.2, 0.25) is 0 Å². The molecule has 2 N–H and O–H groups in total. The van der Waals surface area contributed by atoms with E-state index in [0.717, 1.165) is 51.4 Å². The van der Waals surface area contributed by atoms with Gasteiger partial charge in [-0.3, -0.25) is 9.79 Å². The van der Waals surface area contributed by atoms with Crippen LogP contribution in [0.4, 0.5) is 5.00 Å². The molecule has 156 valence electrons. The first-order chi connectivity index (χ1) is 14.2. The molecule has 0 saturated carbocycles. The number of carbonyl (C=O) groups excluding carboxylic acids is 1. The molecule has 29 heavy (non-hydrogen) atoms. The summed E-state index contributed by atoms with van der Waals surface area (Å²) in [5, 5.41) is 12.5. The third kappa shape index (κ3) is 5.11. The van der Waals surface area contributed by atoms with Crippen molar-refractivity contribution < 1.29 is 4.79 Å². The first-order valence-electron chi connectivity index (χ1n) is 10.3. The largest absolute Gasteiger partial charge is 0.363 e. The quantitative estimate of drug-likeness (QED) is 0.565. The molecule has 4 heterocycles. The zero-order valence-electron chi connectivity index (χ0n) is 16.9. The highest BCUT2D eigenvalue weighted by Crippen LogP contribution is 2.25. The van der Waals surface area contributed by atoms with E-state index in [1.165, 1.54) is 15.4 Å². The predicted octanol–water partition coefficient (Wildman–Crippen LogP) is 2.92. The summed E-state index contributed by atoms with van der Waals surface area (Å²) in [5.41, 5.74) is 1.31. The second-order valence-corrected chi connectivity index (χ2v) is 9.47. The molecule has 0 spiro atoms. The van der Waals surface area contributed by atoms with E-state index in [1.54, 1.807) is 29.7 Å². The Bertz CT molecular complexity index is 824. The SMILES string of the molecule is CN=C(NCCC(=O)N1CCc2sccc2C1)NC1CCN(c2cccs2)CC1. The number of amides is 1. The molecule has 4 rings (SSSR count). The van der Waals surface area contributed by atoms with Gasteiger partial charge in [-0.1, -0.05) is 0 Å². The number of hydrogen-bond donors (Lipinski definition) is 2. The second kappa shape index (κ2) is 9.63. The smallest absolute Gasteiger partial charge is 0.224 e. The fraction of sp³-hybridized carbons (Fsp3) is 0.524. The summed E-state index contributed by atoms with van der Waals surface area (Å²) in [6, 6.07) is 6.87. The molecule has 1 amide bonds. The summed E-state index contributed by atoms with van der Waals surface area (Å²) in [6.07, 6.45) is 3.67. The number of nitrogens with zero attached hydrogens (tertiary/aromatic N) is 3. The molecule has 0 bridgehead atoms. The summed E-state index contributed by atoms with van der Waals surface area (Å²) in [6.45, 7) is 4.33. The van der Waals surface area contributed by atoms with Gasteiger partial charge in [0.2, 0.25) is 5.91 Å². The van der Waals surface area contributed by atoms with Gasteiger partial charge in [0.1, 0.15) is 0 Å². The number of nitrogens with one attached hydrogen (secondary N) is 2. The van der Waals surface area contributed by atoms with Crippen LogP contribution in [0.25, 0.3) is 0 Å². The zero-order valence-corrected chi connectivity index (χ0v) is 18.5. The Labute approximate surface area is 180 Å². The Morgan fingerprint density at radius 2 is 2.07 bits per heavy atom. The van der Waals surface area contributed by atoms with Gasteiger partial charge in [-0.2, -0.15) is 0 Å². The molecule has 1 fully saturated rings. The second-order valence-electron chi connectivity index (χ2n) is 7.54. The number of carbonyl (C=O) groups is 1. The molecule has 1 saturated heterocycles. The van der Waals surface area contributed by atoms with Crippen molar-refractivity contribution in [2.24, 2.45) is 4.99 Å². The molecule has 2 aliphatic heterocycles. The number of hydrogen-bond acceptors (Lipinski definition) is 5. The van der Waals surface area contributed by atoms with Crippen molar-refractivity contribution in [2.45, 2.75) is 38.3 Å². The maximum absolute atomic E-state index is 12.6. The van der Waals surface area contributed by atoms with Crippen LogP contribution < -0.4 is 15.5 Å². The number of piperidine rings is 1. The Morgan fingerprint density at radius 1 is 1.21 bits per heavy atom. The molecule has 0 radical (unpaired) electrons. The van der Waals surface area contributed by atoms with Crippen LogP contribution in [0, 0.1) is 0 Å². The molecular weight excluding hydrogens is 402 g/mol. The van der Waals surface area contributed by atoms with Crippen LogP contribution in [0.1, 0.15) is 29.7 Å². The fourth-order valence-corrected chi connectivity index (χ4v) is 5.66. The number of rotatable bonds is 5. The van der Waals surface area contributed by atoms with Crippen molar-refractivity contribution in [1.29, 1.82) is 0 Å². The van der Waals surface area contributed by atoms with Gasteiger partial charge in [-0.05, 0) is 53.8 Å². The molecule has 0 atom stereocenters. The summed E-state index contributed by atoms with van der Waals surface area (Å²) in [5.74, 6) is 1.01. The van der Waals surface area contributed by atoms with Gasteiger partial charge in [0.25, 0.3) is 0 Å². The minimum atomic E-state index is 0.217. The van der Waals surface area contributed by atoms with Gasteiger partial charge < -0.3 is 20.4 Å². The third-order valence-corrected chi connectivity index (χ3v) is 7.62. The number of thiophene rings is 2. The van der Waals surface area contributed by atoms with Crippen molar-refractivity contribution in [3.05, 3.63) is 39.4 Å². The monoisotopic (exact) mass is 431 g/mol. The fourth-order valence-electron chi connectivity index (χ4n) is 3.99. The lowest BCUT2D eigenvalue weighted by Gasteiger charge is -2.33. The van der Waals surface area contributed by atoms with Gasteiger partial charge >= 0.3 is 0 Å². The minimum Gasteiger partial charge on any atom is -0.363 e. The molecule has 2 aliphatic rings. The summed E-state index contributed by atoms with van der Waals surface area (Å²) in [4.78, 5) is 22.8. The first-order valence-corrected chi connectivity index (χ1v) is 12.1. The van der Waals surface area contributed by atoms with Crippen LogP contribution in [0.5, 0.6) is 0 Å². The van der Waals surface area contributed by atoms with E-state index in [0.29, 0.717) is 19.0 Å². The number of fused-ring (bicyclic) bond motifs is 1. The van der Waals surface area contributed by atoms with E-state index in [2.05, 4.69) is 49.5 Å². The molecule has 8 heteroatoms. The van der Waals surface area contributed by atoms with Gasteiger partial charge in [0.05, 0.1) is 5.00 Å². The maximum atomic E-state index is 12.6. The molecule has 6 nitrogen and oxygen atoms in total. The summed E-state index contributed by atoms with van der Waals surface area (Å²) < 4.78 is 0. The van der Waals surface area contributed by atoms with Crippen molar-refractivity contribution in [3.8, 4) is 0 Å². The Morgan fingerprint density at radius 3 is 2.83 bits per heavy atom. The maximum Gasteiger partial charge on any atom is 0.224 e. The topological polar surface area (TPSA) is 60.0 Å². The molecule has 2 aromatic heterocycles. The lowest BCUT2D eigenvalue weighted by molar-refractivity contribution is -0.131. The van der Waals surface area contributed by atoms with Crippen LogP contribution in [-0.2, 0) is 17.8 Å². The van der Waals surface area contributed by atoms with Crippen LogP contribution >= 0.6 is 22.7 Å². The van der Waals surface area contributed by atoms with Gasteiger partial charge in [0.15, 0.2) is 5.96 Å². The number of anilines is 1. The highest BCUT2D eigenvalue weighted by atomic mass is 32.1. The van der Waals surface area contributed by atoms with Crippen molar-refractivity contribution >= 4 is 39.5 Å². The molecular formula is C21H29N5OS2. The summed E-state index contributed by atoms with van der Waals surface area (Å²) >= 11 is 3.61. The highest BCUT2D eigenvalue weighted by Gasteiger charge is 2.22. The van der Waals surface area contributed by atoms with Crippen LogP contribution in [-0.4, -0.2) is 56.0 Å². The van der Waals surface area contributed by atoms with E-state index in [4.69, 9.17) is 0 Å². The third-order valence-electron chi connectivity index (χ3n) is 5.67. The van der Waals surface area contributed by atoms with Crippen LogP contribution in [0.3, 0.4) is 0 Å². The Balaban J connectivity index is 1.17. The summed E-state index contributed by atoms with van der Waals surface area (Å²) in [7, 11) is 1.79. The molecule has 0 aliphatic carbocycles. The van der Waals surface area contributed by atoms with Gasteiger partial charge in [-0.15, -0.1) is 22.7 Å². The molecule has 2 aromatic rings.